The molecule has 0 radical (unpaired) electrons. The molecule has 2 rings (SSSR count). The number of carboxylic acids is 1. The normalized spacial score (nSPS) is 19.3. The summed E-state index contributed by atoms with van der Waals surface area (Å²) in [6, 6.07) is 1.90. The maximum absolute atomic E-state index is 11.4. The summed E-state index contributed by atoms with van der Waals surface area (Å²) in [7, 11) is -0.523. The van der Waals surface area contributed by atoms with Crippen molar-refractivity contribution in [3.8, 4) is 0 Å². The lowest BCUT2D eigenvalue weighted by Gasteiger charge is -2.32. The van der Waals surface area contributed by atoms with E-state index in [1.165, 1.54) is 30.0 Å². The molecule has 1 aromatic rings. The zero-order valence-electron chi connectivity index (χ0n) is 15.6. The number of thiophene rings is 1. The van der Waals surface area contributed by atoms with Crippen molar-refractivity contribution in [3.05, 3.63) is 33.4 Å². The molecular formula is C18H23BO5S2. The molecule has 140 valence electrons. The summed E-state index contributed by atoms with van der Waals surface area (Å²) in [6.45, 7) is 9.49. The fourth-order valence-corrected chi connectivity index (χ4v) is 3.60. The highest BCUT2D eigenvalue weighted by molar-refractivity contribution is 8.13. The molecule has 1 aliphatic heterocycles. The van der Waals surface area contributed by atoms with E-state index < -0.39 is 24.3 Å². The van der Waals surface area contributed by atoms with Crippen LogP contribution in [0.2, 0.25) is 0 Å². The van der Waals surface area contributed by atoms with Crippen LogP contribution in [0.3, 0.4) is 0 Å². The second-order valence-electron chi connectivity index (χ2n) is 7.04. The Hall–Kier alpha value is -1.35. The van der Waals surface area contributed by atoms with Gasteiger partial charge in [-0.05, 0) is 56.3 Å². The van der Waals surface area contributed by atoms with Gasteiger partial charge in [-0.1, -0.05) is 17.8 Å². The lowest BCUT2D eigenvalue weighted by molar-refractivity contribution is -0.131. The van der Waals surface area contributed by atoms with Gasteiger partial charge in [0.25, 0.3) is 0 Å². The van der Waals surface area contributed by atoms with Crippen LogP contribution in [0.15, 0.2) is 23.0 Å². The number of carbonyl (C=O) groups excluding carboxylic acids is 1. The fraction of sp³-hybridized carbons (Fsp3) is 0.444. The Labute approximate surface area is 162 Å². The molecule has 0 unspecified atom stereocenters. The van der Waals surface area contributed by atoms with E-state index in [0.717, 1.165) is 22.0 Å². The van der Waals surface area contributed by atoms with E-state index in [2.05, 4.69) is 0 Å². The van der Waals surface area contributed by atoms with Crippen LogP contribution in [0.4, 0.5) is 0 Å². The predicted molar refractivity (Wildman–Crippen MR) is 108 cm³/mol. The van der Waals surface area contributed by atoms with Crippen LogP contribution in [0.1, 0.15) is 45.1 Å². The quantitative estimate of drug-likeness (QED) is 0.578. The summed E-state index contributed by atoms with van der Waals surface area (Å²) >= 11 is 2.66. The first-order valence-corrected chi connectivity index (χ1v) is 10.1. The van der Waals surface area contributed by atoms with Gasteiger partial charge in [0.2, 0.25) is 0 Å². The molecule has 5 nitrogen and oxygen atoms in total. The van der Waals surface area contributed by atoms with Gasteiger partial charge in [-0.15, -0.1) is 11.3 Å². The maximum atomic E-state index is 11.4. The van der Waals surface area contributed by atoms with Crippen molar-refractivity contribution in [2.45, 2.75) is 45.8 Å². The monoisotopic (exact) mass is 394 g/mol. The van der Waals surface area contributed by atoms with Crippen molar-refractivity contribution in [1.82, 2.24) is 0 Å². The van der Waals surface area contributed by atoms with Crippen LogP contribution in [-0.2, 0) is 18.9 Å². The van der Waals surface area contributed by atoms with E-state index in [9.17, 15) is 9.59 Å². The molecule has 0 bridgehead atoms. The highest BCUT2D eigenvalue weighted by Crippen LogP contribution is 2.39. The molecule has 0 spiro atoms. The van der Waals surface area contributed by atoms with Crippen LogP contribution < -0.4 is 0 Å². The van der Waals surface area contributed by atoms with Crippen LogP contribution in [0.25, 0.3) is 12.2 Å². The summed E-state index contributed by atoms with van der Waals surface area (Å²) in [5.74, 6) is -0.506. The number of carbonyl (C=O) groups is 2. The highest BCUT2D eigenvalue weighted by atomic mass is 32.2. The Kier molecular flexibility index (Phi) is 6.55. The van der Waals surface area contributed by atoms with Gasteiger partial charge in [0.05, 0.1) is 11.2 Å². The number of aliphatic carboxylic acids is 1. The first-order valence-electron chi connectivity index (χ1n) is 8.19. The number of hydrogen-bond acceptors (Lipinski definition) is 6. The van der Waals surface area contributed by atoms with E-state index in [0.29, 0.717) is 5.75 Å². The number of thioether (sulfide) groups is 1. The van der Waals surface area contributed by atoms with Gasteiger partial charge in [0.1, 0.15) is 0 Å². The molecule has 1 aromatic heterocycles. The molecule has 0 aromatic carbocycles. The van der Waals surface area contributed by atoms with E-state index >= 15 is 0 Å². The van der Waals surface area contributed by atoms with Gasteiger partial charge in [0.15, 0.2) is 5.12 Å². The van der Waals surface area contributed by atoms with E-state index in [1.54, 1.807) is 6.08 Å². The Balaban J connectivity index is 2.26. The summed E-state index contributed by atoms with van der Waals surface area (Å²) in [5.41, 5.74) is 0.882. The highest BCUT2D eigenvalue weighted by Gasteiger charge is 2.52. The summed E-state index contributed by atoms with van der Waals surface area (Å²) in [4.78, 5) is 22.9. The molecule has 1 N–H and O–H groups in total. The Morgan fingerprint density at radius 2 is 1.88 bits per heavy atom. The summed E-state index contributed by atoms with van der Waals surface area (Å²) in [5, 5.41) is 10.7. The SMILES string of the molecule is CC(=O)SCC(=Cc1csc(/C=C/C(=O)O)c1)B1OC(C)(C)C(C)(C)O1. The van der Waals surface area contributed by atoms with Gasteiger partial charge >= 0.3 is 13.1 Å². The van der Waals surface area contributed by atoms with Crippen molar-refractivity contribution in [3.63, 3.8) is 0 Å². The molecule has 0 amide bonds. The topological polar surface area (TPSA) is 72.8 Å². The second kappa shape index (κ2) is 8.13. The summed E-state index contributed by atoms with van der Waals surface area (Å²) < 4.78 is 12.2. The van der Waals surface area contributed by atoms with E-state index in [-0.39, 0.29) is 5.12 Å². The summed E-state index contributed by atoms with van der Waals surface area (Å²) in [6.07, 6.45) is 4.62. The van der Waals surface area contributed by atoms with Crippen molar-refractivity contribution in [1.29, 1.82) is 0 Å². The van der Waals surface area contributed by atoms with Crippen molar-refractivity contribution in [2.75, 3.05) is 5.75 Å². The standard InChI is InChI=1S/C18H23BO5S2/c1-12(20)25-11-14(19-23-17(2,3)18(4,5)24-19)8-13-9-15(26-10-13)6-7-16(21)22/h6-10H,11H2,1-5H3,(H,21,22)/b7-6+,14-8?. The molecule has 1 saturated heterocycles. The van der Waals surface area contributed by atoms with Crippen molar-refractivity contribution in [2.24, 2.45) is 0 Å². The Morgan fingerprint density at radius 1 is 1.27 bits per heavy atom. The van der Waals surface area contributed by atoms with Gasteiger partial charge in [-0.3, -0.25) is 4.79 Å². The molecule has 2 heterocycles. The predicted octanol–water partition coefficient (Wildman–Crippen LogP) is 4.14. The third-order valence-electron chi connectivity index (χ3n) is 4.38. The largest absolute Gasteiger partial charge is 0.491 e. The average molecular weight is 394 g/mol. The molecule has 1 aliphatic rings. The lowest BCUT2D eigenvalue weighted by Crippen LogP contribution is -2.41. The molecule has 0 atom stereocenters. The molecule has 26 heavy (non-hydrogen) atoms. The van der Waals surface area contributed by atoms with Crippen molar-refractivity contribution >= 4 is 53.5 Å². The number of rotatable bonds is 6. The van der Waals surface area contributed by atoms with Crippen LogP contribution in [0.5, 0.6) is 0 Å². The third-order valence-corrected chi connectivity index (χ3v) is 6.18. The van der Waals surface area contributed by atoms with E-state index in [4.69, 9.17) is 14.4 Å². The minimum absolute atomic E-state index is 0.0304. The smallest absolute Gasteiger partial charge is 0.478 e. The molecule has 0 saturated carbocycles. The number of hydrogen-bond donors (Lipinski definition) is 1. The second-order valence-corrected chi connectivity index (χ2v) is 9.14. The van der Waals surface area contributed by atoms with Gasteiger partial charge in [0, 0.05) is 23.6 Å². The molecular weight excluding hydrogens is 371 g/mol. The lowest BCUT2D eigenvalue weighted by atomic mass is 9.78. The fourth-order valence-electron chi connectivity index (χ4n) is 2.26. The van der Waals surface area contributed by atoms with Crippen LogP contribution in [-0.4, -0.2) is 40.3 Å². The van der Waals surface area contributed by atoms with E-state index in [1.807, 2.05) is 45.2 Å². The number of carboxylic acid groups (broad SMARTS) is 1. The molecule has 8 heteroatoms. The Morgan fingerprint density at radius 3 is 2.42 bits per heavy atom. The van der Waals surface area contributed by atoms with Gasteiger partial charge < -0.3 is 14.4 Å². The zero-order chi connectivity index (χ0) is 19.5. The zero-order valence-corrected chi connectivity index (χ0v) is 17.2. The van der Waals surface area contributed by atoms with Crippen molar-refractivity contribution < 1.29 is 24.0 Å². The average Bonchev–Trinajstić information content (AvgIpc) is 3.03. The van der Waals surface area contributed by atoms with Gasteiger partial charge in [-0.2, -0.15) is 0 Å². The minimum Gasteiger partial charge on any atom is -0.478 e. The molecule has 0 aliphatic carbocycles. The first kappa shape index (κ1) is 21.0. The Bertz CT molecular complexity index is 733. The maximum Gasteiger partial charge on any atom is 0.491 e. The molecule has 1 fully saturated rings. The third kappa shape index (κ3) is 5.33. The van der Waals surface area contributed by atoms with Crippen LogP contribution >= 0.6 is 23.1 Å². The van der Waals surface area contributed by atoms with Gasteiger partial charge in [-0.25, -0.2) is 4.79 Å². The minimum atomic E-state index is -0.980. The van der Waals surface area contributed by atoms with Crippen LogP contribution in [0, 0.1) is 0 Å². The first-order chi connectivity index (χ1) is 12.0.